The van der Waals surface area contributed by atoms with Crippen LogP contribution in [0.5, 0.6) is 0 Å². The molecule has 1 fully saturated rings. The predicted molar refractivity (Wildman–Crippen MR) is 78.3 cm³/mol. The first kappa shape index (κ1) is 13.0. The molecule has 0 saturated carbocycles. The minimum absolute atomic E-state index is 0.545. The Morgan fingerprint density at radius 1 is 1.41 bits per heavy atom. The number of aromatic nitrogens is 2. The van der Waals surface area contributed by atoms with Gasteiger partial charge in [-0.05, 0) is 48.4 Å². The summed E-state index contributed by atoms with van der Waals surface area (Å²) in [6.45, 7) is 5.29. The van der Waals surface area contributed by atoms with Crippen molar-refractivity contribution in [1.29, 1.82) is 0 Å². The smallest absolute Gasteiger partial charge is 0.225 e. The maximum atomic E-state index is 4.44. The molecule has 0 amide bonds. The van der Waals surface area contributed by atoms with E-state index in [0.29, 0.717) is 6.04 Å². The van der Waals surface area contributed by atoms with Crippen molar-refractivity contribution in [2.75, 3.05) is 24.5 Å². The standard InChI is InChI=1S/C12H19IN4/c1-2-14-9-11-5-3-4-6-17(11)12-15-7-10(13)8-16-12/h7-8,11,14H,2-6,9H2,1H3. The van der Waals surface area contributed by atoms with Gasteiger partial charge in [0.1, 0.15) is 0 Å². The number of piperidine rings is 1. The number of halogens is 1. The highest BCUT2D eigenvalue weighted by Gasteiger charge is 2.23. The van der Waals surface area contributed by atoms with Crippen LogP contribution in [0.1, 0.15) is 26.2 Å². The molecule has 1 aliphatic rings. The Hall–Kier alpha value is -0.430. The number of hydrogen-bond acceptors (Lipinski definition) is 4. The fourth-order valence-electron chi connectivity index (χ4n) is 2.24. The van der Waals surface area contributed by atoms with Crippen molar-refractivity contribution in [1.82, 2.24) is 15.3 Å². The van der Waals surface area contributed by atoms with Gasteiger partial charge in [-0.3, -0.25) is 0 Å². The molecule has 0 spiro atoms. The van der Waals surface area contributed by atoms with Gasteiger partial charge in [0, 0.05) is 35.1 Å². The molecule has 17 heavy (non-hydrogen) atoms. The number of rotatable bonds is 4. The summed E-state index contributed by atoms with van der Waals surface area (Å²) in [6, 6.07) is 0.545. The predicted octanol–water partition coefficient (Wildman–Crippen LogP) is 2.05. The lowest BCUT2D eigenvalue weighted by Gasteiger charge is -2.35. The molecule has 1 saturated heterocycles. The summed E-state index contributed by atoms with van der Waals surface area (Å²) in [4.78, 5) is 11.2. The summed E-state index contributed by atoms with van der Waals surface area (Å²) in [5.41, 5.74) is 0. The summed E-state index contributed by atoms with van der Waals surface area (Å²) in [5, 5.41) is 3.43. The molecule has 1 unspecified atom stereocenters. The van der Waals surface area contributed by atoms with E-state index < -0.39 is 0 Å². The molecule has 0 aromatic carbocycles. The zero-order chi connectivity index (χ0) is 12.1. The Balaban J connectivity index is 2.07. The van der Waals surface area contributed by atoms with Crippen LogP contribution >= 0.6 is 22.6 Å². The number of nitrogens with zero attached hydrogens (tertiary/aromatic N) is 3. The highest BCUT2D eigenvalue weighted by atomic mass is 127. The van der Waals surface area contributed by atoms with E-state index in [1.54, 1.807) is 0 Å². The van der Waals surface area contributed by atoms with Gasteiger partial charge in [0.15, 0.2) is 0 Å². The first-order valence-electron chi connectivity index (χ1n) is 6.26. The number of hydrogen-bond donors (Lipinski definition) is 1. The molecule has 2 heterocycles. The minimum Gasteiger partial charge on any atom is -0.337 e. The van der Waals surface area contributed by atoms with Gasteiger partial charge in [-0.2, -0.15) is 0 Å². The van der Waals surface area contributed by atoms with E-state index in [0.717, 1.165) is 29.2 Å². The van der Waals surface area contributed by atoms with E-state index in [-0.39, 0.29) is 0 Å². The van der Waals surface area contributed by atoms with Gasteiger partial charge in [-0.15, -0.1) is 0 Å². The first-order chi connectivity index (χ1) is 8.31. The third-order valence-electron chi connectivity index (χ3n) is 3.12. The number of nitrogens with one attached hydrogen (secondary N) is 1. The highest BCUT2D eigenvalue weighted by molar-refractivity contribution is 14.1. The van der Waals surface area contributed by atoms with Crippen LogP contribution in [0, 0.1) is 3.57 Å². The molecule has 2 rings (SSSR count). The van der Waals surface area contributed by atoms with Crippen molar-refractivity contribution < 1.29 is 0 Å². The summed E-state index contributed by atoms with van der Waals surface area (Å²) >= 11 is 2.24. The van der Waals surface area contributed by atoms with Gasteiger partial charge in [0.05, 0.1) is 0 Å². The molecule has 4 nitrogen and oxygen atoms in total. The lowest BCUT2D eigenvalue weighted by Crippen LogP contribution is -2.46. The molecule has 0 bridgehead atoms. The minimum atomic E-state index is 0.545. The molecular weight excluding hydrogens is 327 g/mol. The fraction of sp³-hybridized carbons (Fsp3) is 0.667. The van der Waals surface area contributed by atoms with Crippen LogP contribution in [0.4, 0.5) is 5.95 Å². The molecular formula is C12H19IN4. The molecule has 1 N–H and O–H groups in total. The van der Waals surface area contributed by atoms with Gasteiger partial charge < -0.3 is 10.2 Å². The van der Waals surface area contributed by atoms with E-state index in [4.69, 9.17) is 0 Å². The van der Waals surface area contributed by atoms with Gasteiger partial charge in [0.25, 0.3) is 0 Å². The number of likely N-dealkylation sites (N-methyl/N-ethyl adjacent to an activating group) is 1. The van der Waals surface area contributed by atoms with Crippen LogP contribution in [-0.4, -0.2) is 35.6 Å². The Bertz CT molecular complexity index is 341. The third kappa shape index (κ3) is 3.51. The summed E-state index contributed by atoms with van der Waals surface area (Å²) < 4.78 is 1.09. The van der Waals surface area contributed by atoms with E-state index in [9.17, 15) is 0 Å². The van der Waals surface area contributed by atoms with Crippen LogP contribution in [0.25, 0.3) is 0 Å². The Morgan fingerprint density at radius 2 is 2.18 bits per heavy atom. The summed E-state index contributed by atoms with van der Waals surface area (Å²) in [7, 11) is 0. The SMILES string of the molecule is CCNCC1CCCCN1c1ncc(I)cn1. The third-order valence-corrected chi connectivity index (χ3v) is 3.68. The van der Waals surface area contributed by atoms with E-state index in [2.05, 4.69) is 49.7 Å². The van der Waals surface area contributed by atoms with Crippen LogP contribution in [0.15, 0.2) is 12.4 Å². The molecule has 0 aliphatic carbocycles. The van der Waals surface area contributed by atoms with Gasteiger partial charge in [-0.1, -0.05) is 6.92 Å². The van der Waals surface area contributed by atoms with Gasteiger partial charge in [-0.25, -0.2) is 9.97 Å². The van der Waals surface area contributed by atoms with Gasteiger partial charge >= 0.3 is 0 Å². The van der Waals surface area contributed by atoms with E-state index in [1.165, 1.54) is 19.3 Å². The molecule has 1 aliphatic heterocycles. The second-order valence-corrected chi connectivity index (χ2v) is 5.60. The maximum absolute atomic E-state index is 4.44. The van der Waals surface area contributed by atoms with Crippen LogP contribution in [-0.2, 0) is 0 Å². The normalized spacial score (nSPS) is 20.6. The fourth-order valence-corrected chi connectivity index (χ4v) is 2.52. The molecule has 0 radical (unpaired) electrons. The average Bonchev–Trinajstić information content (AvgIpc) is 2.38. The first-order valence-corrected chi connectivity index (χ1v) is 7.34. The monoisotopic (exact) mass is 346 g/mol. The quantitative estimate of drug-likeness (QED) is 0.848. The second-order valence-electron chi connectivity index (χ2n) is 4.35. The summed E-state index contributed by atoms with van der Waals surface area (Å²) in [5.74, 6) is 0.882. The lowest BCUT2D eigenvalue weighted by atomic mass is 10.0. The molecule has 1 atom stereocenters. The van der Waals surface area contributed by atoms with E-state index >= 15 is 0 Å². The lowest BCUT2D eigenvalue weighted by molar-refractivity contribution is 0.433. The van der Waals surface area contributed by atoms with Crippen molar-refractivity contribution in [3.05, 3.63) is 16.0 Å². The largest absolute Gasteiger partial charge is 0.337 e. The molecule has 1 aromatic heterocycles. The molecule has 1 aromatic rings. The van der Waals surface area contributed by atoms with Crippen molar-refractivity contribution in [3.63, 3.8) is 0 Å². The summed E-state index contributed by atoms with van der Waals surface area (Å²) in [6.07, 6.45) is 7.58. The topological polar surface area (TPSA) is 41.0 Å². The maximum Gasteiger partial charge on any atom is 0.225 e. The molecule has 5 heteroatoms. The highest BCUT2D eigenvalue weighted by Crippen LogP contribution is 2.21. The zero-order valence-electron chi connectivity index (χ0n) is 10.2. The van der Waals surface area contributed by atoms with Crippen LogP contribution < -0.4 is 10.2 Å². The van der Waals surface area contributed by atoms with Crippen molar-refractivity contribution in [2.24, 2.45) is 0 Å². The Kier molecular flexibility index (Phi) is 4.97. The van der Waals surface area contributed by atoms with Crippen molar-refractivity contribution in [2.45, 2.75) is 32.2 Å². The van der Waals surface area contributed by atoms with Crippen molar-refractivity contribution in [3.8, 4) is 0 Å². The van der Waals surface area contributed by atoms with Crippen LogP contribution in [0.3, 0.4) is 0 Å². The van der Waals surface area contributed by atoms with Crippen LogP contribution in [0.2, 0.25) is 0 Å². The zero-order valence-corrected chi connectivity index (χ0v) is 12.4. The second kappa shape index (κ2) is 6.49. The Labute approximate surface area is 116 Å². The Morgan fingerprint density at radius 3 is 2.88 bits per heavy atom. The average molecular weight is 346 g/mol. The van der Waals surface area contributed by atoms with E-state index in [1.807, 2.05) is 12.4 Å². The van der Waals surface area contributed by atoms with Gasteiger partial charge in [0.2, 0.25) is 5.95 Å². The molecule has 94 valence electrons. The number of anilines is 1. The van der Waals surface area contributed by atoms with Crippen molar-refractivity contribution >= 4 is 28.5 Å².